The molecule has 15 heteroatoms. The summed E-state index contributed by atoms with van der Waals surface area (Å²) in [5, 5.41) is 19.5. The van der Waals surface area contributed by atoms with Crippen LogP contribution in [0.5, 0.6) is 5.75 Å². The van der Waals surface area contributed by atoms with Crippen LogP contribution >= 0.6 is 11.8 Å². The number of hydrazone groups is 1. The number of thioether (sulfide) groups is 1. The van der Waals surface area contributed by atoms with Gasteiger partial charge in [-0.3, -0.25) is 5.43 Å². The van der Waals surface area contributed by atoms with Crippen molar-refractivity contribution < 1.29 is 37.2 Å². The van der Waals surface area contributed by atoms with Gasteiger partial charge in [0, 0.05) is 12.7 Å². The minimum atomic E-state index is -4.76. The van der Waals surface area contributed by atoms with Crippen LogP contribution in [-0.4, -0.2) is 76.3 Å². The number of aliphatic hydroxyl groups excluding tert-OH is 1. The van der Waals surface area contributed by atoms with Crippen molar-refractivity contribution in [2.24, 2.45) is 10.1 Å². The highest BCUT2D eigenvalue weighted by Crippen LogP contribution is 2.26. The normalized spacial score (nSPS) is 13.6. The first-order valence-corrected chi connectivity index (χ1v) is 15.4. The van der Waals surface area contributed by atoms with Crippen molar-refractivity contribution in [3.8, 4) is 22.8 Å². The van der Waals surface area contributed by atoms with Gasteiger partial charge < -0.3 is 24.1 Å². The standard InChI is InChI=1S/C32H35F3N6O5S/c1-21-6-5-7-22(2)28(21)38-31(47-20-45-30(42)23(3)44-17-16-43-4)39-37-18-24-8-10-25(11-9-24)29-36-19-41(40-29)26-12-14-27(15-13-26)46-32(33,34)35/h5-15,18-19,23,30,42H,16-17,20H2,1-4H3,(H,38,39)/b37-18+. The average Bonchev–Trinajstić information content (AvgIpc) is 3.53. The lowest BCUT2D eigenvalue weighted by molar-refractivity contribution is -0.274. The van der Waals surface area contributed by atoms with Gasteiger partial charge in [-0.25, -0.2) is 14.7 Å². The smallest absolute Gasteiger partial charge is 0.406 e. The SMILES string of the molecule is COCCOC(C)C(O)OCSC(=Nc1c(C)cccc1C)N/N=C/c1ccc(-c2ncn(-c3ccc(OC(F)(F)F)cc3)n2)cc1. The minimum absolute atomic E-state index is 0.0885. The summed E-state index contributed by atoms with van der Waals surface area (Å²) < 4.78 is 58.7. The number of amidine groups is 1. The summed E-state index contributed by atoms with van der Waals surface area (Å²) in [5.74, 6) is 0.199. The Morgan fingerprint density at radius 3 is 2.38 bits per heavy atom. The summed E-state index contributed by atoms with van der Waals surface area (Å²) >= 11 is 1.23. The number of aryl methyl sites for hydroxylation is 2. The van der Waals surface area contributed by atoms with E-state index in [4.69, 9.17) is 19.2 Å². The highest BCUT2D eigenvalue weighted by Gasteiger charge is 2.31. The zero-order valence-corrected chi connectivity index (χ0v) is 27.0. The highest BCUT2D eigenvalue weighted by molar-refractivity contribution is 8.13. The number of hydrogen-bond donors (Lipinski definition) is 2. The van der Waals surface area contributed by atoms with Crippen molar-refractivity contribution in [3.05, 3.63) is 89.7 Å². The molecule has 1 heterocycles. The molecule has 0 spiro atoms. The topological polar surface area (TPSA) is 125 Å². The molecule has 0 radical (unpaired) electrons. The van der Waals surface area contributed by atoms with Crippen LogP contribution < -0.4 is 10.2 Å². The summed E-state index contributed by atoms with van der Waals surface area (Å²) in [6, 6.07) is 18.6. The second-order valence-corrected chi connectivity index (χ2v) is 11.0. The molecule has 0 aliphatic carbocycles. The van der Waals surface area contributed by atoms with Crippen LogP contribution in [0.2, 0.25) is 0 Å². The zero-order chi connectivity index (χ0) is 33.8. The van der Waals surface area contributed by atoms with E-state index in [2.05, 4.69) is 25.3 Å². The largest absolute Gasteiger partial charge is 0.573 e. The Kier molecular flexibility index (Phi) is 12.9. The Hall–Kier alpha value is -4.28. The molecule has 4 rings (SSSR count). The predicted octanol–water partition coefficient (Wildman–Crippen LogP) is 6.14. The number of halogens is 3. The molecule has 2 N–H and O–H groups in total. The van der Waals surface area contributed by atoms with E-state index in [1.165, 1.54) is 47.0 Å². The molecule has 0 aliphatic heterocycles. The summed E-state index contributed by atoms with van der Waals surface area (Å²) in [7, 11) is 1.57. The monoisotopic (exact) mass is 672 g/mol. The molecular formula is C32H35F3N6O5S. The van der Waals surface area contributed by atoms with E-state index in [-0.39, 0.29) is 11.7 Å². The maximum absolute atomic E-state index is 12.4. The van der Waals surface area contributed by atoms with Gasteiger partial charge in [-0.15, -0.1) is 18.3 Å². The number of rotatable bonds is 14. The number of nitrogens with one attached hydrogen (secondary N) is 1. The molecule has 0 saturated carbocycles. The van der Waals surface area contributed by atoms with Gasteiger partial charge in [0.25, 0.3) is 0 Å². The van der Waals surface area contributed by atoms with Crippen LogP contribution in [0.15, 0.2) is 83.2 Å². The molecule has 3 aromatic carbocycles. The van der Waals surface area contributed by atoms with Gasteiger partial charge in [-0.2, -0.15) is 5.10 Å². The third-order valence-corrected chi connectivity index (χ3v) is 7.24. The number of ether oxygens (including phenoxy) is 4. The summed E-state index contributed by atoms with van der Waals surface area (Å²) in [6.45, 7) is 6.40. The lowest BCUT2D eigenvalue weighted by atomic mass is 10.1. The van der Waals surface area contributed by atoms with E-state index in [0.29, 0.717) is 29.9 Å². The molecule has 0 saturated heterocycles. The first-order chi connectivity index (χ1) is 22.5. The summed E-state index contributed by atoms with van der Waals surface area (Å²) in [6.07, 6.45) is -3.34. The Morgan fingerprint density at radius 2 is 1.72 bits per heavy atom. The molecule has 0 amide bonds. The van der Waals surface area contributed by atoms with Crippen LogP contribution in [0.1, 0.15) is 23.6 Å². The first kappa shape index (κ1) is 35.6. The quantitative estimate of drug-likeness (QED) is 0.0535. The number of hydrogen-bond acceptors (Lipinski definition) is 10. The number of aromatic nitrogens is 3. The Bertz CT molecular complexity index is 1610. The molecule has 47 heavy (non-hydrogen) atoms. The second kappa shape index (κ2) is 17.0. The van der Waals surface area contributed by atoms with E-state index in [1.54, 1.807) is 20.2 Å². The van der Waals surface area contributed by atoms with Crippen LogP contribution in [0.25, 0.3) is 17.1 Å². The molecule has 2 atom stereocenters. The molecular weight excluding hydrogens is 637 g/mol. The molecule has 0 aliphatic rings. The van der Waals surface area contributed by atoms with Gasteiger partial charge in [0.2, 0.25) is 0 Å². The van der Waals surface area contributed by atoms with Crippen molar-refractivity contribution in [1.82, 2.24) is 20.2 Å². The lowest BCUT2D eigenvalue weighted by Crippen LogP contribution is -2.30. The van der Waals surface area contributed by atoms with Crippen LogP contribution in [0.4, 0.5) is 18.9 Å². The van der Waals surface area contributed by atoms with Crippen molar-refractivity contribution in [2.45, 2.75) is 39.5 Å². The van der Waals surface area contributed by atoms with Crippen molar-refractivity contribution in [1.29, 1.82) is 0 Å². The van der Waals surface area contributed by atoms with E-state index in [9.17, 15) is 18.3 Å². The van der Waals surface area contributed by atoms with Crippen molar-refractivity contribution in [2.75, 3.05) is 26.3 Å². The van der Waals surface area contributed by atoms with Gasteiger partial charge in [-0.05, 0) is 61.7 Å². The molecule has 4 aromatic rings. The molecule has 250 valence electrons. The Morgan fingerprint density at radius 1 is 1.02 bits per heavy atom. The number of aliphatic hydroxyl groups is 1. The third kappa shape index (κ3) is 11.2. The Labute approximate surface area is 274 Å². The van der Waals surface area contributed by atoms with E-state index >= 15 is 0 Å². The number of benzene rings is 3. The number of aliphatic imine (C=N–C) groups is 1. The van der Waals surface area contributed by atoms with Crippen LogP contribution in [-0.2, 0) is 14.2 Å². The zero-order valence-electron chi connectivity index (χ0n) is 26.1. The highest BCUT2D eigenvalue weighted by atomic mass is 32.2. The number of para-hydroxylation sites is 1. The van der Waals surface area contributed by atoms with Crippen LogP contribution in [0, 0.1) is 13.8 Å². The van der Waals surface area contributed by atoms with E-state index in [1.807, 2.05) is 56.3 Å². The van der Waals surface area contributed by atoms with Gasteiger partial charge >= 0.3 is 6.36 Å². The average molecular weight is 673 g/mol. The summed E-state index contributed by atoms with van der Waals surface area (Å²) in [5.41, 5.74) is 7.80. The fraction of sp³-hybridized carbons (Fsp3) is 0.312. The maximum Gasteiger partial charge on any atom is 0.573 e. The van der Waals surface area contributed by atoms with Crippen LogP contribution in [0.3, 0.4) is 0 Å². The molecule has 1 aromatic heterocycles. The minimum Gasteiger partial charge on any atom is -0.406 e. The number of methoxy groups -OCH3 is 1. The Balaban J connectivity index is 1.39. The van der Waals surface area contributed by atoms with E-state index < -0.39 is 18.8 Å². The van der Waals surface area contributed by atoms with Crippen molar-refractivity contribution >= 4 is 28.8 Å². The van der Waals surface area contributed by atoms with Gasteiger partial charge in [-0.1, -0.05) is 54.2 Å². The maximum atomic E-state index is 12.4. The fourth-order valence-electron chi connectivity index (χ4n) is 4.07. The van der Waals surface area contributed by atoms with Gasteiger partial charge in [0.05, 0.1) is 30.8 Å². The summed E-state index contributed by atoms with van der Waals surface area (Å²) in [4.78, 5) is 9.08. The first-order valence-electron chi connectivity index (χ1n) is 14.4. The lowest BCUT2D eigenvalue weighted by Gasteiger charge is -2.19. The fourth-order valence-corrected chi connectivity index (χ4v) is 4.66. The van der Waals surface area contributed by atoms with Gasteiger partial charge in [0.15, 0.2) is 17.3 Å². The third-order valence-electron chi connectivity index (χ3n) is 6.53. The van der Waals surface area contributed by atoms with E-state index in [0.717, 1.165) is 27.9 Å². The van der Waals surface area contributed by atoms with Crippen molar-refractivity contribution in [3.63, 3.8) is 0 Å². The molecule has 2 unspecified atom stereocenters. The predicted molar refractivity (Wildman–Crippen MR) is 174 cm³/mol. The second-order valence-electron chi connectivity index (χ2n) is 10.1. The van der Waals surface area contributed by atoms with Gasteiger partial charge in [0.1, 0.15) is 24.1 Å². The molecule has 11 nitrogen and oxygen atoms in total. The number of alkyl halides is 3. The molecule has 0 fully saturated rings. The number of nitrogens with zero attached hydrogens (tertiary/aromatic N) is 5. The molecule has 0 bridgehead atoms.